The highest BCUT2D eigenvalue weighted by Gasteiger charge is 2.14. The number of carbonyl (C=O) groups excluding carboxylic acids is 3. The number of benzene rings is 4. The summed E-state index contributed by atoms with van der Waals surface area (Å²) in [6.07, 6.45) is 0. The first kappa shape index (κ1) is 25.9. The topological polar surface area (TPSA) is 132 Å². The highest BCUT2D eigenvalue weighted by molar-refractivity contribution is 6.39. The fraction of sp³-hybridized carbons (Fsp3) is 0.103. The molecular weight excluding hydrogens is 484 g/mol. The minimum atomic E-state index is -0.953. The Kier molecular flexibility index (Phi) is 7.98. The van der Waals surface area contributed by atoms with Gasteiger partial charge in [-0.2, -0.15) is 5.10 Å². The maximum atomic E-state index is 12.2. The van der Waals surface area contributed by atoms with Crippen LogP contribution >= 0.6 is 0 Å². The number of hydrogen-bond donors (Lipinski definition) is 3. The Morgan fingerprint density at radius 3 is 2.29 bits per heavy atom. The molecule has 4 N–H and O–H groups in total. The number of amides is 3. The van der Waals surface area contributed by atoms with Crippen LogP contribution in [0.2, 0.25) is 0 Å². The molecule has 0 aliphatic carbocycles. The van der Waals surface area contributed by atoms with E-state index in [9.17, 15) is 14.4 Å². The van der Waals surface area contributed by atoms with Crippen molar-refractivity contribution in [2.75, 3.05) is 12.4 Å². The molecule has 4 aromatic carbocycles. The van der Waals surface area contributed by atoms with Crippen molar-refractivity contribution in [1.29, 1.82) is 0 Å². The van der Waals surface area contributed by atoms with Crippen LogP contribution in [0.15, 0.2) is 90.0 Å². The first-order valence-electron chi connectivity index (χ1n) is 11.7. The molecular formula is C29H26N4O5. The Bertz CT molecular complexity index is 1520. The molecule has 0 spiro atoms. The summed E-state index contributed by atoms with van der Waals surface area (Å²) < 4.78 is 11.6. The van der Waals surface area contributed by atoms with Gasteiger partial charge in [-0.05, 0) is 65.7 Å². The van der Waals surface area contributed by atoms with Gasteiger partial charge in [0.05, 0.1) is 12.8 Å². The first-order chi connectivity index (χ1) is 18.4. The Balaban J connectivity index is 1.39. The molecule has 0 aliphatic heterocycles. The van der Waals surface area contributed by atoms with Gasteiger partial charge in [-0.25, -0.2) is 5.43 Å². The molecule has 0 saturated heterocycles. The summed E-state index contributed by atoms with van der Waals surface area (Å²) >= 11 is 0. The van der Waals surface area contributed by atoms with Crippen LogP contribution in [0.25, 0.3) is 10.8 Å². The van der Waals surface area contributed by atoms with E-state index in [1.54, 1.807) is 32.2 Å². The molecule has 0 fully saturated rings. The predicted molar refractivity (Wildman–Crippen MR) is 145 cm³/mol. The molecule has 9 nitrogen and oxygen atoms in total. The molecule has 192 valence electrons. The molecule has 4 rings (SSSR count). The molecule has 0 heterocycles. The molecule has 0 aliphatic rings. The molecule has 9 heteroatoms. The van der Waals surface area contributed by atoms with Crippen LogP contribution < -0.4 is 25.9 Å². The fourth-order valence-electron chi connectivity index (χ4n) is 3.74. The number of methoxy groups -OCH3 is 1. The van der Waals surface area contributed by atoms with E-state index in [2.05, 4.69) is 34.0 Å². The molecule has 0 saturated carbocycles. The molecule has 0 bridgehead atoms. The second-order valence-electron chi connectivity index (χ2n) is 8.33. The average Bonchev–Trinajstić information content (AvgIpc) is 2.94. The van der Waals surface area contributed by atoms with Crippen molar-refractivity contribution in [2.45, 2.75) is 13.5 Å². The van der Waals surface area contributed by atoms with Crippen molar-refractivity contribution in [3.8, 4) is 11.5 Å². The third-order valence-electron chi connectivity index (χ3n) is 5.80. The monoisotopic (exact) mass is 510 g/mol. The average molecular weight is 511 g/mol. The van der Waals surface area contributed by atoms with Crippen molar-refractivity contribution in [1.82, 2.24) is 5.43 Å². The summed E-state index contributed by atoms with van der Waals surface area (Å²) in [5.41, 5.74) is 10.2. The van der Waals surface area contributed by atoms with Gasteiger partial charge in [0.15, 0.2) is 11.5 Å². The summed E-state index contributed by atoms with van der Waals surface area (Å²) in [6, 6.07) is 25.3. The third kappa shape index (κ3) is 6.14. The molecule has 0 aromatic heterocycles. The van der Waals surface area contributed by atoms with Crippen LogP contribution in [0, 0.1) is 0 Å². The summed E-state index contributed by atoms with van der Waals surface area (Å²) in [6.45, 7) is 2.05. The van der Waals surface area contributed by atoms with Gasteiger partial charge in [-0.15, -0.1) is 0 Å². The van der Waals surface area contributed by atoms with Crippen LogP contribution in [0.5, 0.6) is 11.5 Å². The van der Waals surface area contributed by atoms with E-state index in [0.717, 1.165) is 16.3 Å². The van der Waals surface area contributed by atoms with E-state index >= 15 is 0 Å². The summed E-state index contributed by atoms with van der Waals surface area (Å²) in [5.74, 6) is -1.40. The van der Waals surface area contributed by atoms with Gasteiger partial charge in [-0.3, -0.25) is 14.4 Å². The van der Waals surface area contributed by atoms with E-state index < -0.39 is 17.7 Å². The Hall–Kier alpha value is -5.18. The van der Waals surface area contributed by atoms with Crippen LogP contribution in [0.3, 0.4) is 0 Å². The van der Waals surface area contributed by atoms with Crippen molar-refractivity contribution in [3.05, 3.63) is 102 Å². The number of nitrogens with two attached hydrogens (primary N) is 1. The number of rotatable bonds is 8. The lowest BCUT2D eigenvalue weighted by Gasteiger charge is -2.13. The molecule has 4 aromatic rings. The Morgan fingerprint density at radius 1 is 0.842 bits per heavy atom. The zero-order valence-electron chi connectivity index (χ0n) is 20.9. The van der Waals surface area contributed by atoms with Crippen molar-refractivity contribution in [2.24, 2.45) is 10.8 Å². The lowest BCUT2D eigenvalue weighted by atomic mass is 10.1. The number of nitrogens with zero attached hydrogens (tertiary/aromatic N) is 1. The number of nitrogens with one attached hydrogen (secondary N) is 2. The Labute approximate surface area is 219 Å². The minimum absolute atomic E-state index is 0.285. The zero-order valence-corrected chi connectivity index (χ0v) is 20.9. The maximum Gasteiger partial charge on any atom is 0.329 e. The lowest BCUT2D eigenvalue weighted by molar-refractivity contribution is -0.136. The minimum Gasteiger partial charge on any atom is -0.493 e. The van der Waals surface area contributed by atoms with Crippen LogP contribution in [0.1, 0.15) is 28.4 Å². The second-order valence-corrected chi connectivity index (χ2v) is 8.33. The largest absolute Gasteiger partial charge is 0.493 e. The highest BCUT2D eigenvalue weighted by atomic mass is 16.5. The van der Waals surface area contributed by atoms with Gasteiger partial charge in [-0.1, -0.05) is 42.5 Å². The van der Waals surface area contributed by atoms with Gasteiger partial charge in [0, 0.05) is 16.8 Å². The molecule has 0 radical (unpaired) electrons. The maximum absolute atomic E-state index is 12.2. The number of ether oxygens (including phenoxy) is 2. The number of anilines is 1. The van der Waals surface area contributed by atoms with Crippen molar-refractivity contribution in [3.63, 3.8) is 0 Å². The molecule has 0 unspecified atom stereocenters. The molecule has 38 heavy (non-hydrogen) atoms. The van der Waals surface area contributed by atoms with Crippen molar-refractivity contribution >= 4 is 39.9 Å². The van der Waals surface area contributed by atoms with Crippen LogP contribution in [-0.2, 0) is 16.2 Å². The number of fused-ring (bicyclic) bond motifs is 1. The number of hydrogen-bond acceptors (Lipinski definition) is 6. The highest BCUT2D eigenvalue weighted by Crippen LogP contribution is 2.30. The second kappa shape index (κ2) is 11.7. The van der Waals surface area contributed by atoms with E-state index in [4.69, 9.17) is 15.2 Å². The normalized spacial score (nSPS) is 11.1. The van der Waals surface area contributed by atoms with E-state index in [1.807, 2.05) is 24.3 Å². The van der Waals surface area contributed by atoms with E-state index in [1.165, 1.54) is 24.3 Å². The number of hydrazone groups is 1. The van der Waals surface area contributed by atoms with Gasteiger partial charge in [0.2, 0.25) is 5.91 Å². The van der Waals surface area contributed by atoms with Gasteiger partial charge >= 0.3 is 11.8 Å². The fourth-order valence-corrected chi connectivity index (χ4v) is 3.74. The van der Waals surface area contributed by atoms with Gasteiger partial charge < -0.3 is 20.5 Å². The quantitative estimate of drug-likeness (QED) is 0.187. The molecule has 3 amide bonds. The SMILES string of the molecule is COc1cc(C(C)=NNC(=O)C(=O)Nc2ccc(C(N)=O)cc2)ccc1OCc1cccc2ccccc12. The lowest BCUT2D eigenvalue weighted by Crippen LogP contribution is -2.33. The third-order valence-corrected chi connectivity index (χ3v) is 5.80. The zero-order chi connectivity index (χ0) is 27.1. The van der Waals surface area contributed by atoms with E-state index in [0.29, 0.717) is 35.1 Å². The smallest absolute Gasteiger partial charge is 0.329 e. The number of carbonyl (C=O) groups is 3. The van der Waals surface area contributed by atoms with E-state index in [-0.39, 0.29) is 5.56 Å². The Morgan fingerprint density at radius 2 is 1.55 bits per heavy atom. The van der Waals surface area contributed by atoms with Gasteiger partial charge in [0.1, 0.15) is 6.61 Å². The van der Waals surface area contributed by atoms with Crippen LogP contribution in [0.4, 0.5) is 5.69 Å². The standard InChI is InChI=1S/C29H26N4O5/c1-18(32-33-29(36)28(35)31-23-13-10-20(11-14-23)27(30)34)21-12-15-25(26(16-21)37-2)38-17-22-8-5-7-19-6-3-4-9-24(19)22/h3-16H,17H2,1-2H3,(H2,30,34)(H,31,35)(H,33,36). The predicted octanol–water partition coefficient (Wildman–Crippen LogP) is 4.01. The first-order valence-corrected chi connectivity index (χ1v) is 11.7. The number of primary amides is 1. The summed E-state index contributed by atoms with van der Waals surface area (Å²) in [5, 5.41) is 8.71. The van der Waals surface area contributed by atoms with Crippen molar-refractivity contribution < 1.29 is 23.9 Å². The summed E-state index contributed by atoms with van der Waals surface area (Å²) in [7, 11) is 1.54. The molecule has 0 atom stereocenters. The van der Waals surface area contributed by atoms with Gasteiger partial charge in [0.25, 0.3) is 0 Å². The summed E-state index contributed by atoms with van der Waals surface area (Å²) in [4.78, 5) is 35.5. The van der Waals surface area contributed by atoms with Crippen LogP contribution in [-0.4, -0.2) is 30.5 Å².